The molecule has 1 aromatic carbocycles. The van der Waals surface area contributed by atoms with Gasteiger partial charge in [0, 0.05) is 17.4 Å². The number of rotatable bonds is 4. The summed E-state index contributed by atoms with van der Waals surface area (Å²) in [4.78, 5) is 15.8. The molecule has 1 aromatic heterocycles. The minimum Gasteiger partial charge on any atom is -0.399 e. The van der Waals surface area contributed by atoms with Gasteiger partial charge in [0.2, 0.25) is 0 Å². The number of nitrogens with one attached hydrogen (secondary N) is 1. The van der Waals surface area contributed by atoms with Crippen LogP contribution >= 0.6 is 0 Å². The Kier molecular flexibility index (Phi) is 3.89. The van der Waals surface area contributed by atoms with Gasteiger partial charge in [-0.15, -0.1) is 0 Å². The van der Waals surface area contributed by atoms with Gasteiger partial charge in [-0.2, -0.15) is 0 Å². The summed E-state index contributed by atoms with van der Waals surface area (Å²) >= 11 is 0. The number of nitrogens with two attached hydrogens (primary N) is 2. The molecule has 2 aromatic rings. The van der Waals surface area contributed by atoms with E-state index in [0.29, 0.717) is 17.1 Å². The standard InChI is InChI=1S/C15H18N4O/c1-9-3-8-13(14(17)20)15(18-9)19-10(2)11-4-6-12(16)7-5-11/h3-8,10H,16H2,1-2H3,(H2,17,20)(H,18,19). The minimum atomic E-state index is -0.496. The van der Waals surface area contributed by atoms with Crippen molar-refractivity contribution < 1.29 is 4.79 Å². The second-order valence-electron chi connectivity index (χ2n) is 4.75. The average molecular weight is 270 g/mol. The summed E-state index contributed by atoms with van der Waals surface area (Å²) in [7, 11) is 0. The predicted molar refractivity (Wildman–Crippen MR) is 80.4 cm³/mol. The van der Waals surface area contributed by atoms with Gasteiger partial charge in [0.15, 0.2) is 0 Å². The number of anilines is 2. The molecule has 0 spiro atoms. The zero-order valence-electron chi connectivity index (χ0n) is 11.6. The lowest BCUT2D eigenvalue weighted by Gasteiger charge is -2.17. The van der Waals surface area contributed by atoms with Gasteiger partial charge in [0.25, 0.3) is 5.91 Å². The van der Waals surface area contributed by atoms with Crippen molar-refractivity contribution in [2.24, 2.45) is 5.73 Å². The fourth-order valence-electron chi connectivity index (χ4n) is 1.94. The Balaban J connectivity index is 2.27. The van der Waals surface area contributed by atoms with Gasteiger partial charge < -0.3 is 16.8 Å². The Morgan fingerprint density at radius 3 is 2.45 bits per heavy atom. The Morgan fingerprint density at radius 2 is 1.85 bits per heavy atom. The summed E-state index contributed by atoms with van der Waals surface area (Å²) in [5.74, 6) is 0.00586. The van der Waals surface area contributed by atoms with Crippen molar-refractivity contribution in [2.75, 3.05) is 11.1 Å². The third kappa shape index (κ3) is 3.06. The van der Waals surface area contributed by atoms with Crippen LogP contribution in [0, 0.1) is 6.92 Å². The molecule has 1 amide bonds. The molecule has 0 saturated heterocycles. The Bertz CT molecular complexity index is 622. The number of hydrogen-bond donors (Lipinski definition) is 3. The lowest BCUT2D eigenvalue weighted by Crippen LogP contribution is -2.17. The molecular formula is C15H18N4O. The number of carbonyl (C=O) groups is 1. The first kappa shape index (κ1) is 13.9. The van der Waals surface area contributed by atoms with Gasteiger partial charge in [-0.25, -0.2) is 4.98 Å². The molecule has 5 nitrogen and oxygen atoms in total. The largest absolute Gasteiger partial charge is 0.399 e. The maximum atomic E-state index is 11.4. The van der Waals surface area contributed by atoms with E-state index >= 15 is 0 Å². The van der Waals surface area contributed by atoms with Gasteiger partial charge in [0.05, 0.1) is 5.56 Å². The molecule has 0 aliphatic rings. The Morgan fingerprint density at radius 1 is 1.20 bits per heavy atom. The SMILES string of the molecule is Cc1ccc(C(N)=O)c(NC(C)c2ccc(N)cc2)n1. The first-order valence-electron chi connectivity index (χ1n) is 6.37. The van der Waals surface area contributed by atoms with E-state index in [-0.39, 0.29) is 6.04 Å². The van der Waals surface area contributed by atoms with Crippen LogP contribution in [0.3, 0.4) is 0 Å². The van der Waals surface area contributed by atoms with E-state index in [0.717, 1.165) is 11.3 Å². The smallest absolute Gasteiger partial charge is 0.252 e. The van der Waals surface area contributed by atoms with Crippen LogP contribution in [0.15, 0.2) is 36.4 Å². The number of aromatic nitrogens is 1. The van der Waals surface area contributed by atoms with E-state index in [9.17, 15) is 4.79 Å². The molecule has 0 aliphatic heterocycles. The number of amides is 1. The number of primary amides is 1. The van der Waals surface area contributed by atoms with E-state index in [1.54, 1.807) is 12.1 Å². The van der Waals surface area contributed by atoms with Crippen LogP contribution in [-0.4, -0.2) is 10.9 Å². The van der Waals surface area contributed by atoms with Gasteiger partial charge in [-0.1, -0.05) is 12.1 Å². The third-order valence-electron chi connectivity index (χ3n) is 3.09. The fourth-order valence-corrected chi connectivity index (χ4v) is 1.94. The molecule has 1 unspecified atom stereocenters. The molecule has 0 fully saturated rings. The highest BCUT2D eigenvalue weighted by molar-refractivity contribution is 5.97. The summed E-state index contributed by atoms with van der Waals surface area (Å²) in [6.07, 6.45) is 0. The van der Waals surface area contributed by atoms with Gasteiger partial charge in [0.1, 0.15) is 5.82 Å². The summed E-state index contributed by atoms with van der Waals surface area (Å²) in [6, 6.07) is 11.0. The van der Waals surface area contributed by atoms with Crippen LogP contribution < -0.4 is 16.8 Å². The highest BCUT2D eigenvalue weighted by atomic mass is 16.1. The molecule has 20 heavy (non-hydrogen) atoms. The van der Waals surface area contributed by atoms with Gasteiger partial charge >= 0.3 is 0 Å². The van der Waals surface area contributed by atoms with Crippen LogP contribution in [0.2, 0.25) is 0 Å². The topological polar surface area (TPSA) is 94.0 Å². The monoisotopic (exact) mass is 270 g/mol. The van der Waals surface area contributed by atoms with Crippen LogP contribution in [0.4, 0.5) is 11.5 Å². The lowest BCUT2D eigenvalue weighted by molar-refractivity contribution is 0.100. The van der Waals surface area contributed by atoms with Gasteiger partial charge in [-0.05, 0) is 43.7 Å². The Labute approximate surface area is 118 Å². The van der Waals surface area contributed by atoms with Crippen molar-refractivity contribution in [3.05, 3.63) is 53.2 Å². The van der Waals surface area contributed by atoms with E-state index in [1.807, 2.05) is 38.1 Å². The first-order chi connectivity index (χ1) is 9.47. The zero-order valence-corrected chi connectivity index (χ0v) is 11.6. The maximum absolute atomic E-state index is 11.4. The predicted octanol–water partition coefficient (Wildman–Crippen LogP) is 2.24. The fraction of sp³-hybridized carbons (Fsp3) is 0.200. The van der Waals surface area contributed by atoms with Crippen LogP contribution in [-0.2, 0) is 0 Å². The number of hydrogen-bond acceptors (Lipinski definition) is 4. The van der Waals surface area contributed by atoms with Crippen molar-refractivity contribution in [2.45, 2.75) is 19.9 Å². The second kappa shape index (κ2) is 5.61. The van der Waals surface area contributed by atoms with Crippen molar-refractivity contribution in [1.29, 1.82) is 0 Å². The Hall–Kier alpha value is -2.56. The maximum Gasteiger partial charge on any atom is 0.252 e. The summed E-state index contributed by atoms with van der Waals surface area (Å²) in [6.45, 7) is 3.85. The minimum absolute atomic E-state index is 0.0111. The highest BCUT2D eigenvalue weighted by Crippen LogP contribution is 2.21. The number of nitrogens with zero attached hydrogens (tertiary/aromatic N) is 1. The first-order valence-corrected chi connectivity index (χ1v) is 6.37. The molecule has 5 heteroatoms. The van der Waals surface area contributed by atoms with E-state index in [1.165, 1.54) is 0 Å². The number of aryl methyl sites for hydroxylation is 1. The number of benzene rings is 1. The lowest BCUT2D eigenvalue weighted by atomic mass is 10.1. The summed E-state index contributed by atoms with van der Waals surface area (Å²) in [5, 5.41) is 3.22. The number of pyridine rings is 1. The second-order valence-corrected chi connectivity index (χ2v) is 4.75. The molecule has 104 valence electrons. The van der Waals surface area contributed by atoms with Crippen LogP contribution in [0.1, 0.15) is 34.6 Å². The average Bonchev–Trinajstić information content (AvgIpc) is 2.39. The van der Waals surface area contributed by atoms with Gasteiger partial charge in [-0.3, -0.25) is 4.79 Å². The molecule has 5 N–H and O–H groups in total. The third-order valence-corrected chi connectivity index (χ3v) is 3.09. The number of nitrogen functional groups attached to an aromatic ring is 1. The van der Waals surface area contributed by atoms with Crippen LogP contribution in [0.25, 0.3) is 0 Å². The summed E-state index contributed by atoms with van der Waals surface area (Å²) in [5.41, 5.74) is 14.0. The molecule has 1 atom stereocenters. The van der Waals surface area contributed by atoms with E-state index in [2.05, 4.69) is 10.3 Å². The quantitative estimate of drug-likeness (QED) is 0.743. The normalized spacial score (nSPS) is 11.9. The van der Waals surface area contributed by atoms with Crippen molar-refractivity contribution in [1.82, 2.24) is 4.98 Å². The molecule has 0 aliphatic carbocycles. The van der Waals surface area contributed by atoms with E-state index in [4.69, 9.17) is 11.5 Å². The summed E-state index contributed by atoms with van der Waals surface area (Å²) < 4.78 is 0. The molecular weight excluding hydrogens is 252 g/mol. The number of carbonyl (C=O) groups excluding carboxylic acids is 1. The molecule has 0 saturated carbocycles. The van der Waals surface area contributed by atoms with Crippen molar-refractivity contribution in [3.8, 4) is 0 Å². The highest BCUT2D eigenvalue weighted by Gasteiger charge is 2.13. The molecule has 0 radical (unpaired) electrons. The zero-order chi connectivity index (χ0) is 14.7. The molecule has 0 bridgehead atoms. The van der Waals surface area contributed by atoms with Crippen LogP contribution in [0.5, 0.6) is 0 Å². The molecule has 2 rings (SSSR count). The van der Waals surface area contributed by atoms with Crippen molar-refractivity contribution in [3.63, 3.8) is 0 Å². The van der Waals surface area contributed by atoms with Crippen molar-refractivity contribution >= 4 is 17.4 Å². The van der Waals surface area contributed by atoms with E-state index < -0.39 is 5.91 Å². The molecule has 1 heterocycles.